The van der Waals surface area contributed by atoms with E-state index in [9.17, 15) is 4.79 Å². The van der Waals surface area contributed by atoms with Crippen LogP contribution in [0.15, 0.2) is 24.3 Å². The summed E-state index contributed by atoms with van der Waals surface area (Å²) in [4.78, 5) is 12.0. The Morgan fingerprint density at radius 3 is 2.28 bits per heavy atom. The lowest BCUT2D eigenvalue weighted by atomic mass is 9.78. The van der Waals surface area contributed by atoms with E-state index in [4.69, 9.17) is 19.9 Å². The van der Waals surface area contributed by atoms with Crippen LogP contribution in [0.4, 0.5) is 4.79 Å². The number of benzene rings is 1. The van der Waals surface area contributed by atoms with Crippen LogP contribution in [-0.4, -0.2) is 35.0 Å². The van der Waals surface area contributed by atoms with Gasteiger partial charge < -0.3 is 14.0 Å². The van der Waals surface area contributed by atoms with Crippen LogP contribution in [0.2, 0.25) is 0 Å². The van der Waals surface area contributed by atoms with Crippen LogP contribution < -0.4 is 11.3 Å². The summed E-state index contributed by atoms with van der Waals surface area (Å²) in [6, 6.07) is 7.68. The molecule has 0 spiro atoms. The van der Waals surface area contributed by atoms with Crippen molar-refractivity contribution in [2.75, 3.05) is 0 Å². The van der Waals surface area contributed by atoms with Gasteiger partial charge in [-0.2, -0.15) is 0 Å². The highest BCUT2D eigenvalue weighted by atomic mass is 16.7. The number of nitrogens with zero attached hydrogens (tertiary/aromatic N) is 1. The first-order valence-corrected chi connectivity index (χ1v) is 8.50. The summed E-state index contributed by atoms with van der Waals surface area (Å²) in [5.41, 5.74) is 0.391. The maximum absolute atomic E-state index is 12.0. The molecule has 1 fully saturated rings. The second-order valence-electron chi connectivity index (χ2n) is 8.44. The normalized spacial score (nSPS) is 19.0. The fraction of sp³-hybridized carbons (Fsp3) is 0.611. The quantitative estimate of drug-likeness (QED) is 0.393. The zero-order chi connectivity index (χ0) is 19.0. The third-order valence-electron chi connectivity index (χ3n) is 4.46. The second kappa shape index (κ2) is 6.63. The topological polar surface area (TPSA) is 74.0 Å². The average Bonchev–Trinajstić information content (AvgIpc) is 2.66. The third kappa shape index (κ3) is 4.74. The highest BCUT2D eigenvalue weighted by Crippen LogP contribution is 2.36. The van der Waals surface area contributed by atoms with Crippen molar-refractivity contribution < 1.29 is 18.8 Å². The highest BCUT2D eigenvalue weighted by Gasteiger charge is 2.51. The molecule has 1 aromatic carbocycles. The number of carbonyl (C=O) groups excluding carboxylic acids is 1. The number of rotatable bonds is 3. The van der Waals surface area contributed by atoms with E-state index in [1.807, 2.05) is 52.0 Å². The summed E-state index contributed by atoms with van der Waals surface area (Å²) < 4.78 is 17.4. The van der Waals surface area contributed by atoms with Gasteiger partial charge in [0.2, 0.25) is 0 Å². The van der Waals surface area contributed by atoms with Crippen molar-refractivity contribution in [3.63, 3.8) is 0 Å². The number of hydrogen-bond donors (Lipinski definition) is 1. The van der Waals surface area contributed by atoms with Crippen molar-refractivity contribution in [3.05, 3.63) is 29.8 Å². The first-order valence-electron chi connectivity index (χ1n) is 8.50. The molecule has 6 nitrogen and oxygen atoms in total. The van der Waals surface area contributed by atoms with Crippen molar-refractivity contribution in [2.24, 2.45) is 5.84 Å². The Morgan fingerprint density at radius 2 is 1.76 bits per heavy atom. The molecule has 138 valence electrons. The van der Waals surface area contributed by atoms with Crippen LogP contribution in [0.1, 0.15) is 54.0 Å². The SMILES string of the molecule is CC(C)(C)OC(=O)N(N)Cc1cccc(B2OC(C)(C)C(C)(C)O2)c1. The van der Waals surface area contributed by atoms with Gasteiger partial charge in [-0.05, 0) is 59.5 Å². The Balaban J connectivity index is 2.09. The molecule has 2 rings (SSSR count). The van der Waals surface area contributed by atoms with E-state index in [0.717, 1.165) is 16.0 Å². The van der Waals surface area contributed by atoms with Crippen LogP contribution in [0.3, 0.4) is 0 Å². The standard InChI is InChI=1S/C18H29BN2O4/c1-16(2,3)23-15(22)21(20)12-13-9-8-10-14(11-13)19-24-17(4,5)18(6,7)25-19/h8-11H,12,20H2,1-7H3. The molecule has 1 aliphatic heterocycles. The molecule has 1 heterocycles. The van der Waals surface area contributed by atoms with Gasteiger partial charge >= 0.3 is 13.2 Å². The summed E-state index contributed by atoms with van der Waals surface area (Å²) in [7, 11) is -0.447. The van der Waals surface area contributed by atoms with Crippen molar-refractivity contribution in [3.8, 4) is 0 Å². The zero-order valence-corrected chi connectivity index (χ0v) is 16.3. The van der Waals surface area contributed by atoms with Gasteiger partial charge in [0.15, 0.2) is 0 Å². The lowest BCUT2D eigenvalue weighted by Crippen LogP contribution is -2.41. The van der Waals surface area contributed by atoms with Gasteiger partial charge in [0.05, 0.1) is 17.7 Å². The van der Waals surface area contributed by atoms with E-state index >= 15 is 0 Å². The van der Waals surface area contributed by atoms with E-state index in [0.29, 0.717) is 0 Å². The molecule has 1 aromatic rings. The van der Waals surface area contributed by atoms with Gasteiger partial charge in [-0.1, -0.05) is 24.3 Å². The third-order valence-corrected chi connectivity index (χ3v) is 4.46. The Bertz CT molecular complexity index is 624. The van der Waals surface area contributed by atoms with E-state index in [-0.39, 0.29) is 6.54 Å². The zero-order valence-electron chi connectivity index (χ0n) is 16.3. The lowest BCUT2D eigenvalue weighted by molar-refractivity contribution is 0.00578. The number of amides is 1. The molecule has 0 aliphatic carbocycles. The summed E-state index contributed by atoms with van der Waals surface area (Å²) >= 11 is 0. The minimum absolute atomic E-state index is 0.238. The molecule has 7 heteroatoms. The minimum atomic E-state index is -0.584. The predicted molar refractivity (Wildman–Crippen MR) is 98.1 cm³/mol. The molecule has 2 N–H and O–H groups in total. The number of carbonyl (C=O) groups is 1. The van der Waals surface area contributed by atoms with Gasteiger partial charge in [-0.15, -0.1) is 0 Å². The number of ether oxygens (including phenoxy) is 1. The van der Waals surface area contributed by atoms with Gasteiger partial charge in [0.25, 0.3) is 0 Å². The van der Waals surface area contributed by atoms with Crippen LogP contribution in [0.5, 0.6) is 0 Å². The number of nitrogens with two attached hydrogens (primary N) is 1. The van der Waals surface area contributed by atoms with Crippen molar-refractivity contribution in [2.45, 2.75) is 71.8 Å². The minimum Gasteiger partial charge on any atom is -0.443 e. The van der Waals surface area contributed by atoms with E-state index in [1.165, 1.54) is 0 Å². The largest absolute Gasteiger partial charge is 0.494 e. The predicted octanol–water partition coefficient (Wildman–Crippen LogP) is 2.60. The van der Waals surface area contributed by atoms with E-state index in [2.05, 4.69) is 0 Å². The fourth-order valence-corrected chi connectivity index (χ4v) is 2.40. The van der Waals surface area contributed by atoms with Crippen LogP contribution in [0.25, 0.3) is 0 Å². The summed E-state index contributed by atoms with van der Waals surface area (Å²) in [5, 5.41) is 1.06. The maximum Gasteiger partial charge on any atom is 0.494 e. The molecule has 0 unspecified atom stereocenters. The Labute approximate surface area is 150 Å². The Morgan fingerprint density at radius 1 is 1.20 bits per heavy atom. The first kappa shape index (κ1) is 19.8. The van der Waals surface area contributed by atoms with Crippen LogP contribution >= 0.6 is 0 Å². The van der Waals surface area contributed by atoms with Gasteiger partial charge in [0, 0.05) is 0 Å². The van der Waals surface area contributed by atoms with Crippen molar-refractivity contribution >= 4 is 18.7 Å². The molecule has 1 saturated heterocycles. The summed E-state index contributed by atoms with van der Waals surface area (Å²) in [6.07, 6.45) is -0.562. The van der Waals surface area contributed by atoms with Gasteiger partial charge in [0.1, 0.15) is 5.60 Å². The second-order valence-corrected chi connectivity index (χ2v) is 8.44. The Hall–Kier alpha value is -1.57. The fourth-order valence-electron chi connectivity index (χ4n) is 2.40. The summed E-state index contributed by atoms with van der Waals surface area (Å²) in [6.45, 7) is 13.7. The molecule has 0 bridgehead atoms. The number of hydrazine groups is 1. The highest BCUT2D eigenvalue weighted by molar-refractivity contribution is 6.62. The smallest absolute Gasteiger partial charge is 0.443 e. The van der Waals surface area contributed by atoms with E-state index in [1.54, 1.807) is 20.8 Å². The van der Waals surface area contributed by atoms with Crippen LogP contribution in [-0.2, 0) is 20.6 Å². The molecule has 0 radical (unpaired) electrons. The summed E-state index contributed by atoms with van der Waals surface area (Å²) in [5.74, 6) is 5.84. The molecular formula is C18H29BN2O4. The molecule has 1 amide bonds. The van der Waals surface area contributed by atoms with Crippen molar-refractivity contribution in [1.29, 1.82) is 0 Å². The molecule has 0 aromatic heterocycles. The molecule has 25 heavy (non-hydrogen) atoms. The van der Waals surface area contributed by atoms with E-state index < -0.39 is 30.0 Å². The Kier molecular flexibility index (Phi) is 5.24. The average molecular weight is 348 g/mol. The molecule has 1 aliphatic rings. The van der Waals surface area contributed by atoms with Crippen molar-refractivity contribution in [1.82, 2.24) is 5.01 Å². The lowest BCUT2D eigenvalue weighted by Gasteiger charge is -2.32. The first-order chi connectivity index (χ1) is 11.3. The number of hydrogen-bond acceptors (Lipinski definition) is 5. The maximum atomic E-state index is 12.0. The molecular weight excluding hydrogens is 319 g/mol. The van der Waals surface area contributed by atoms with Crippen LogP contribution in [0, 0.1) is 0 Å². The van der Waals surface area contributed by atoms with Gasteiger partial charge in [-0.25, -0.2) is 15.6 Å². The van der Waals surface area contributed by atoms with Gasteiger partial charge in [-0.3, -0.25) is 0 Å². The monoisotopic (exact) mass is 348 g/mol. The molecule has 0 saturated carbocycles. The molecule has 0 atom stereocenters.